The van der Waals surface area contributed by atoms with Crippen LogP contribution >= 0.6 is 0 Å². The third-order valence-corrected chi connectivity index (χ3v) is 3.54. The van der Waals surface area contributed by atoms with E-state index in [2.05, 4.69) is 22.6 Å². The maximum absolute atomic E-state index is 12.1. The molecule has 106 valence electrons. The molecule has 2 N–H and O–H groups in total. The van der Waals surface area contributed by atoms with Gasteiger partial charge in [-0.3, -0.25) is 9.69 Å². The predicted molar refractivity (Wildman–Crippen MR) is 75.6 cm³/mol. The minimum Gasteiger partial charge on any atom is -0.350 e. The van der Waals surface area contributed by atoms with E-state index in [0.717, 1.165) is 25.6 Å². The van der Waals surface area contributed by atoms with Crippen LogP contribution in [-0.4, -0.2) is 49.1 Å². The zero-order valence-electron chi connectivity index (χ0n) is 12.5. The summed E-state index contributed by atoms with van der Waals surface area (Å²) in [6.07, 6.45) is 2.44. The monoisotopic (exact) mass is 255 g/mol. The van der Waals surface area contributed by atoms with E-state index < -0.39 is 0 Å². The largest absolute Gasteiger partial charge is 0.350 e. The molecule has 0 aromatic heterocycles. The number of nitrogens with zero attached hydrogens (tertiary/aromatic N) is 1. The molecule has 0 spiro atoms. The van der Waals surface area contributed by atoms with Gasteiger partial charge < -0.3 is 10.6 Å². The Labute approximate surface area is 111 Å². The van der Waals surface area contributed by atoms with Gasteiger partial charge in [-0.15, -0.1) is 0 Å². The van der Waals surface area contributed by atoms with Gasteiger partial charge in [-0.2, -0.15) is 0 Å². The van der Waals surface area contributed by atoms with Crippen LogP contribution in [0.1, 0.15) is 40.5 Å². The number of rotatable bonds is 4. The molecule has 1 heterocycles. The molecule has 4 heteroatoms. The van der Waals surface area contributed by atoms with Crippen molar-refractivity contribution in [1.29, 1.82) is 0 Å². The Balaban J connectivity index is 2.39. The van der Waals surface area contributed by atoms with Gasteiger partial charge in [0.1, 0.15) is 0 Å². The Morgan fingerprint density at radius 1 is 1.39 bits per heavy atom. The summed E-state index contributed by atoms with van der Waals surface area (Å²) in [7, 11) is 2.05. The second-order valence-electron chi connectivity index (χ2n) is 6.55. The second-order valence-corrected chi connectivity index (χ2v) is 6.55. The molecule has 1 aliphatic rings. The summed E-state index contributed by atoms with van der Waals surface area (Å²) in [5, 5.41) is 6.42. The molecule has 0 bridgehead atoms. The fraction of sp³-hybridized carbons (Fsp3) is 0.929. The quantitative estimate of drug-likeness (QED) is 0.794. The predicted octanol–water partition coefficient (Wildman–Crippen LogP) is 1.22. The van der Waals surface area contributed by atoms with Crippen LogP contribution in [-0.2, 0) is 4.79 Å². The Morgan fingerprint density at radius 3 is 2.44 bits per heavy atom. The number of nitrogens with one attached hydrogen (secondary N) is 2. The average molecular weight is 255 g/mol. The summed E-state index contributed by atoms with van der Waals surface area (Å²) < 4.78 is 0. The summed E-state index contributed by atoms with van der Waals surface area (Å²) in [6.45, 7) is 11.3. The normalized spacial score (nSPS) is 19.9. The number of carbonyl (C=O) groups excluding carboxylic acids is 1. The van der Waals surface area contributed by atoms with Crippen molar-refractivity contribution in [2.45, 2.75) is 52.1 Å². The van der Waals surface area contributed by atoms with Crippen LogP contribution in [0.4, 0.5) is 0 Å². The lowest BCUT2D eigenvalue weighted by Crippen LogP contribution is -2.51. The molecule has 1 amide bonds. The maximum Gasteiger partial charge on any atom is 0.237 e. The van der Waals surface area contributed by atoms with E-state index in [1.165, 1.54) is 12.8 Å². The van der Waals surface area contributed by atoms with Crippen molar-refractivity contribution in [2.24, 2.45) is 5.92 Å². The van der Waals surface area contributed by atoms with Gasteiger partial charge in [0.05, 0.1) is 6.04 Å². The molecule has 1 unspecified atom stereocenters. The third-order valence-electron chi connectivity index (χ3n) is 3.54. The first kappa shape index (κ1) is 15.4. The lowest BCUT2D eigenvalue weighted by Gasteiger charge is -2.32. The fourth-order valence-corrected chi connectivity index (χ4v) is 2.30. The van der Waals surface area contributed by atoms with Gasteiger partial charge in [-0.05, 0) is 66.6 Å². The van der Waals surface area contributed by atoms with E-state index in [-0.39, 0.29) is 17.5 Å². The zero-order valence-corrected chi connectivity index (χ0v) is 12.5. The highest BCUT2D eigenvalue weighted by molar-refractivity contribution is 5.81. The van der Waals surface area contributed by atoms with E-state index in [1.54, 1.807) is 0 Å². The molecule has 4 nitrogen and oxygen atoms in total. The molecule has 0 radical (unpaired) electrons. The summed E-state index contributed by atoms with van der Waals surface area (Å²) in [5.74, 6) is 0.847. The number of piperidine rings is 1. The molecule has 1 fully saturated rings. The van der Waals surface area contributed by atoms with Crippen molar-refractivity contribution < 1.29 is 4.79 Å². The van der Waals surface area contributed by atoms with Crippen molar-refractivity contribution in [3.8, 4) is 0 Å². The number of hydrogen-bond donors (Lipinski definition) is 2. The molecule has 1 atom stereocenters. The molecule has 0 aromatic carbocycles. The number of hydrogen-bond acceptors (Lipinski definition) is 3. The van der Waals surface area contributed by atoms with Crippen LogP contribution in [0, 0.1) is 5.92 Å². The second kappa shape index (κ2) is 6.53. The zero-order chi connectivity index (χ0) is 13.8. The highest BCUT2D eigenvalue weighted by Crippen LogP contribution is 2.14. The number of carbonyl (C=O) groups is 1. The summed E-state index contributed by atoms with van der Waals surface area (Å²) in [4.78, 5) is 14.3. The number of amides is 1. The van der Waals surface area contributed by atoms with Crippen LogP contribution in [0.15, 0.2) is 0 Å². The van der Waals surface area contributed by atoms with Gasteiger partial charge >= 0.3 is 0 Å². The van der Waals surface area contributed by atoms with Gasteiger partial charge in [-0.1, -0.05) is 0 Å². The molecule has 1 rings (SSSR count). The smallest absolute Gasteiger partial charge is 0.237 e. The highest BCUT2D eigenvalue weighted by Gasteiger charge is 2.24. The first-order valence-corrected chi connectivity index (χ1v) is 7.02. The van der Waals surface area contributed by atoms with Gasteiger partial charge in [-0.25, -0.2) is 0 Å². The Bertz CT molecular complexity index is 267. The van der Waals surface area contributed by atoms with Crippen LogP contribution in [0.2, 0.25) is 0 Å². The minimum absolute atomic E-state index is 0.0564. The molecule has 0 aliphatic carbocycles. The lowest BCUT2D eigenvalue weighted by molar-refractivity contribution is -0.127. The first-order chi connectivity index (χ1) is 8.29. The SMILES string of the molecule is CC(C(=O)NC(C)(C)C)N(C)CC1CCNCC1. The first-order valence-electron chi connectivity index (χ1n) is 7.02. The van der Waals surface area contributed by atoms with Crippen LogP contribution in [0.3, 0.4) is 0 Å². The van der Waals surface area contributed by atoms with Crippen molar-refractivity contribution in [3.63, 3.8) is 0 Å². The topological polar surface area (TPSA) is 44.4 Å². The molecular formula is C14H29N3O. The molecule has 0 aromatic rings. The summed E-state index contributed by atoms with van der Waals surface area (Å²) in [5.41, 5.74) is -0.152. The van der Waals surface area contributed by atoms with Crippen molar-refractivity contribution >= 4 is 5.91 Å². The fourth-order valence-electron chi connectivity index (χ4n) is 2.30. The average Bonchev–Trinajstić information content (AvgIpc) is 2.27. The van der Waals surface area contributed by atoms with Crippen LogP contribution in [0.25, 0.3) is 0 Å². The Hall–Kier alpha value is -0.610. The molecule has 1 aliphatic heterocycles. The van der Waals surface area contributed by atoms with Crippen molar-refractivity contribution in [3.05, 3.63) is 0 Å². The van der Waals surface area contributed by atoms with Crippen molar-refractivity contribution in [1.82, 2.24) is 15.5 Å². The summed E-state index contributed by atoms with van der Waals surface area (Å²) >= 11 is 0. The van der Waals surface area contributed by atoms with E-state index in [4.69, 9.17) is 0 Å². The molecule has 1 saturated heterocycles. The van der Waals surface area contributed by atoms with Gasteiger partial charge in [0.2, 0.25) is 5.91 Å². The van der Waals surface area contributed by atoms with Crippen LogP contribution in [0.5, 0.6) is 0 Å². The Kier molecular flexibility index (Phi) is 5.60. The van der Waals surface area contributed by atoms with Gasteiger partial charge in [0, 0.05) is 12.1 Å². The van der Waals surface area contributed by atoms with Gasteiger partial charge in [0.25, 0.3) is 0 Å². The highest BCUT2D eigenvalue weighted by atomic mass is 16.2. The van der Waals surface area contributed by atoms with E-state index in [0.29, 0.717) is 0 Å². The Morgan fingerprint density at radius 2 is 1.94 bits per heavy atom. The summed E-state index contributed by atoms with van der Waals surface area (Å²) in [6, 6.07) is -0.0564. The van der Waals surface area contributed by atoms with E-state index in [1.807, 2.05) is 27.7 Å². The molecule has 18 heavy (non-hydrogen) atoms. The van der Waals surface area contributed by atoms with E-state index in [9.17, 15) is 4.79 Å². The molecular weight excluding hydrogens is 226 g/mol. The van der Waals surface area contributed by atoms with Crippen LogP contribution < -0.4 is 10.6 Å². The van der Waals surface area contributed by atoms with Gasteiger partial charge in [0.15, 0.2) is 0 Å². The minimum atomic E-state index is -0.152. The van der Waals surface area contributed by atoms with E-state index >= 15 is 0 Å². The maximum atomic E-state index is 12.1. The lowest BCUT2D eigenvalue weighted by atomic mass is 9.97. The number of likely N-dealkylation sites (N-methyl/N-ethyl adjacent to an activating group) is 1. The molecule has 0 saturated carbocycles. The van der Waals surface area contributed by atoms with Crippen molar-refractivity contribution in [2.75, 3.05) is 26.7 Å². The standard InChI is InChI=1S/C14H29N3O/c1-11(13(18)16-14(2,3)4)17(5)10-12-6-8-15-9-7-12/h11-12,15H,6-10H2,1-5H3,(H,16,18). The third kappa shape index (κ3) is 5.36.